The SMILES string of the molecule is COc1ccc(CC(=O)ONC(=O)c2ccc(Cl)cc2)cc1OC. The molecule has 0 heterocycles. The summed E-state index contributed by atoms with van der Waals surface area (Å²) in [5.41, 5.74) is 3.10. The molecule has 0 aliphatic heterocycles. The molecule has 7 heteroatoms. The van der Waals surface area contributed by atoms with Crippen molar-refractivity contribution in [2.24, 2.45) is 0 Å². The average Bonchev–Trinajstić information content (AvgIpc) is 2.60. The number of methoxy groups -OCH3 is 2. The number of ether oxygens (including phenoxy) is 2. The minimum atomic E-state index is -0.607. The Morgan fingerprint density at radius 3 is 2.29 bits per heavy atom. The smallest absolute Gasteiger partial charge is 0.336 e. The molecule has 2 rings (SSSR count). The van der Waals surface area contributed by atoms with E-state index < -0.39 is 11.9 Å². The van der Waals surface area contributed by atoms with Gasteiger partial charge in [-0.25, -0.2) is 4.79 Å². The molecule has 126 valence electrons. The topological polar surface area (TPSA) is 73.9 Å². The van der Waals surface area contributed by atoms with Gasteiger partial charge in [0.15, 0.2) is 11.5 Å². The van der Waals surface area contributed by atoms with Crippen molar-refractivity contribution < 1.29 is 23.9 Å². The Kier molecular flexibility index (Phi) is 6.03. The van der Waals surface area contributed by atoms with E-state index in [0.717, 1.165) is 0 Å². The monoisotopic (exact) mass is 349 g/mol. The summed E-state index contributed by atoms with van der Waals surface area (Å²) < 4.78 is 10.3. The lowest BCUT2D eigenvalue weighted by Gasteiger charge is -2.09. The zero-order chi connectivity index (χ0) is 17.5. The van der Waals surface area contributed by atoms with Gasteiger partial charge >= 0.3 is 5.97 Å². The maximum absolute atomic E-state index is 11.8. The molecule has 1 N–H and O–H groups in total. The second kappa shape index (κ2) is 8.21. The van der Waals surface area contributed by atoms with Crippen molar-refractivity contribution in [3.05, 3.63) is 58.6 Å². The van der Waals surface area contributed by atoms with Crippen LogP contribution in [0.2, 0.25) is 5.02 Å². The molecule has 0 radical (unpaired) electrons. The first kappa shape index (κ1) is 17.6. The van der Waals surface area contributed by atoms with Crippen LogP contribution in [0.4, 0.5) is 0 Å². The molecule has 0 spiro atoms. The fourth-order valence-corrected chi connectivity index (χ4v) is 2.08. The number of hydroxylamine groups is 1. The molecule has 6 nitrogen and oxygen atoms in total. The summed E-state index contributed by atoms with van der Waals surface area (Å²) in [6.07, 6.45) is -0.0265. The Labute approximate surface area is 144 Å². The zero-order valence-electron chi connectivity index (χ0n) is 13.2. The van der Waals surface area contributed by atoms with Crippen LogP contribution in [0.3, 0.4) is 0 Å². The van der Waals surface area contributed by atoms with E-state index >= 15 is 0 Å². The van der Waals surface area contributed by atoms with E-state index in [1.54, 1.807) is 30.3 Å². The van der Waals surface area contributed by atoms with Gasteiger partial charge < -0.3 is 14.3 Å². The molecule has 0 saturated carbocycles. The van der Waals surface area contributed by atoms with Crippen LogP contribution in [-0.4, -0.2) is 26.1 Å². The third-order valence-corrected chi connectivity index (χ3v) is 3.41. The molecule has 0 fully saturated rings. The molecule has 0 aliphatic rings. The Hall–Kier alpha value is -2.73. The predicted octanol–water partition coefficient (Wildman–Crippen LogP) is 2.79. The van der Waals surface area contributed by atoms with E-state index in [0.29, 0.717) is 27.6 Å². The lowest BCUT2D eigenvalue weighted by Crippen LogP contribution is -2.27. The van der Waals surface area contributed by atoms with Crippen LogP contribution in [-0.2, 0) is 16.1 Å². The van der Waals surface area contributed by atoms with E-state index in [4.69, 9.17) is 25.9 Å². The number of carbonyl (C=O) groups excluding carboxylic acids is 2. The standard InChI is InChI=1S/C17H16ClNO5/c1-22-14-8-3-11(9-15(14)23-2)10-16(20)24-19-17(21)12-4-6-13(18)7-5-12/h3-9H,10H2,1-2H3,(H,19,21). The van der Waals surface area contributed by atoms with E-state index in [-0.39, 0.29) is 6.42 Å². The maximum atomic E-state index is 11.8. The van der Waals surface area contributed by atoms with Crippen molar-refractivity contribution in [1.82, 2.24) is 5.48 Å². The van der Waals surface area contributed by atoms with Gasteiger partial charge in [-0.1, -0.05) is 17.7 Å². The third-order valence-electron chi connectivity index (χ3n) is 3.16. The molecule has 0 unspecified atom stereocenters. The van der Waals surface area contributed by atoms with Gasteiger partial charge in [0.05, 0.1) is 20.6 Å². The largest absolute Gasteiger partial charge is 0.493 e. The van der Waals surface area contributed by atoms with Gasteiger partial charge in [0.1, 0.15) is 0 Å². The second-order valence-corrected chi connectivity index (χ2v) is 5.21. The van der Waals surface area contributed by atoms with Gasteiger partial charge in [-0.2, -0.15) is 5.48 Å². The summed E-state index contributed by atoms with van der Waals surface area (Å²) in [4.78, 5) is 28.4. The van der Waals surface area contributed by atoms with Crippen molar-refractivity contribution in [1.29, 1.82) is 0 Å². The van der Waals surface area contributed by atoms with Crippen LogP contribution in [0.5, 0.6) is 11.5 Å². The highest BCUT2D eigenvalue weighted by molar-refractivity contribution is 6.30. The van der Waals surface area contributed by atoms with Crippen LogP contribution in [0.1, 0.15) is 15.9 Å². The average molecular weight is 350 g/mol. The summed E-state index contributed by atoms with van der Waals surface area (Å²) in [5, 5.41) is 0.511. The Balaban J connectivity index is 1.91. The van der Waals surface area contributed by atoms with Crippen molar-refractivity contribution in [2.75, 3.05) is 14.2 Å². The number of hydrogen-bond donors (Lipinski definition) is 1. The third kappa shape index (κ3) is 4.63. The van der Waals surface area contributed by atoms with Gasteiger partial charge in [-0.05, 0) is 42.0 Å². The number of rotatable bonds is 5. The summed E-state index contributed by atoms with van der Waals surface area (Å²) in [6.45, 7) is 0. The number of halogens is 1. The first-order valence-corrected chi connectivity index (χ1v) is 7.37. The summed E-state index contributed by atoms with van der Waals surface area (Å²) >= 11 is 5.74. The molecular formula is C17H16ClNO5. The normalized spacial score (nSPS) is 9.96. The first-order valence-electron chi connectivity index (χ1n) is 7.00. The molecule has 0 aliphatic carbocycles. The molecule has 24 heavy (non-hydrogen) atoms. The van der Waals surface area contributed by atoms with Gasteiger partial charge in [-0.15, -0.1) is 0 Å². The zero-order valence-corrected chi connectivity index (χ0v) is 13.9. The summed E-state index contributed by atoms with van der Waals surface area (Å²) in [5.74, 6) is -0.0736. The van der Waals surface area contributed by atoms with E-state index in [2.05, 4.69) is 5.48 Å². The van der Waals surface area contributed by atoms with E-state index in [9.17, 15) is 9.59 Å². The van der Waals surface area contributed by atoms with Crippen LogP contribution < -0.4 is 15.0 Å². The fraction of sp³-hybridized carbons (Fsp3) is 0.176. The minimum absolute atomic E-state index is 0.0265. The van der Waals surface area contributed by atoms with Gasteiger partial charge in [0, 0.05) is 10.6 Å². The number of benzene rings is 2. The molecule has 0 atom stereocenters. The summed E-state index contributed by atoms with van der Waals surface area (Å²) in [6, 6.07) is 11.3. The van der Waals surface area contributed by atoms with E-state index in [1.165, 1.54) is 26.4 Å². The highest BCUT2D eigenvalue weighted by Gasteiger charge is 2.12. The quantitative estimate of drug-likeness (QED) is 0.840. The Bertz CT molecular complexity index is 730. The lowest BCUT2D eigenvalue weighted by molar-refractivity contribution is -0.148. The molecule has 0 saturated heterocycles. The minimum Gasteiger partial charge on any atom is -0.493 e. The van der Waals surface area contributed by atoms with Crippen molar-refractivity contribution in [3.63, 3.8) is 0 Å². The summed E-state index contributed by atoms with van der Waals surface area (Å²) in [7, 11) is 3.03. The maximum Gasteiger partial charge on any atom is 0.336 e. The van der Waals surface area contributed by atoms with Crippen molar-refractivity contribution >= 4 is 23.5 Å². The molecule has 0 aromatic heterocycles. The Morgan fingerprint density at radius 1 is 1.00 bits per heavy atom. The molecule has 0 bridgehead atoms. The van der Waals surface area contributed by atoms with Crippen LogP contribution in [0, 0.1) is 0 Å². The van der Waals surface area contributed by atoms with Crippen LogP contribution in [0.25, 0.3) is 0 Å². The molecule has 2 aromatic carbocycles. The van der Waals surface area contributed by atoms with Crippen molar-refractivity contribution in [3.8, 4) is 11.5 Å². The second-order valence-electron chi connectivity index (χ2n) is 4.78. The predicted molar refractivity (Wildman–Crippen MR) is 88.3 cm³/mol. The molecule has 1 amide bonds. The van der Waals surface area contributed by atoms with Crippen LogP contribution >= 0.6 is 11.6 Å². The van der Waals surface area contributed by atoms with Crippen molar-refractivity contribution in [2.45, 2.75) is 6.42 Å². The highest BCUT2D eigenvalue weighted by atomic mass is 35.5. The van der Waals surface area contributed by atoms with Crippen LogP contribution in [0.15, 0.2) is 42.5 Å². The molecule has 2 aromatic rings. The number of nitrogens with one attached hydrogen (secondary N) is 1. The van der Waals surface area contributed by atoms with Gasteiger partial charge in [0.25, 0.3) is 5.91 Å². The Morgan fingerprint density at radius 2 is 1.67 bits per heavy atom. The first-order chi connectivity index (χ1) is 11.5. The van der Waals surface area contributed by atoms with E-state index in [1.807, 2.05) is 0 Å². The highest BCUT2D eigenvalue weighted by Crippen LogP contribution is 2.27. The number of carbonyl (C=O) groups is 2. The number of amides is 1. The lowest BCUT2D eigenvalue weighted by atomic mass is 10.1. The van der Waals surface area contributed by atoms with Gasteiger partial charge in [0.2, 0.25) is 0 Å². The molecular weight excluding hydrogens is 334 g/mol. The van der Waals surface area contributed by atoms with Gasteiger partial charge in [-0.3, -0.25) is 4.79 Å². The fourth-order valence-electron chi connectivity index (χ4n) is 1.96. The number of hydrogen-bond acceptors (Lipinski definition) is 5.